The van der Waals surface area contributed by atoms with Crippen LogP contribution in [0.3, 0.4) is 0 Å². The normalized spacial score (nSPS) is 16.2. The second kappa shape index (κ2) is 9.62. The van der Waals surface area contributed by atoms with Crippen LogP contribution in [0.4, 0.5) is 19.4 Å². The summed E-state index contributed by atoms with van der Waals surface area (Å²) in [6.07, 6.45) is -1.05. The number of fused-ring (bicyclic) bond motifs is 1. The maximum absolute atomic E-state index is 16.1. The minimum absolute atomic E-state index is 0.0577. The van der Waals surface area contributed by atoms with Crippen LogP contribution in [-0.2, 0) is 0 Å². The Bertz CT molecular complexity index is 1410. The Labute approximate surface area is 216 Å². The van der Waals surface area contributed by atoms with Gasteiger partial charge in [0.25, 0.3) is 5.91 Å². The lowest BCUT2D eigenvalue weighted by atomic mass is 9.84. The van der Waals surface area contributed by atoms with E-state index >= 15 is 4.39 Å². The highest BCUT2D eigenvalue weighted by molar-refractivity contribution is 6.34. The molecule has 4 rings (SSSR count). The summed E-state index contributed by atoms with van der Waals surface area (Å²) in [5, 5.41) is 9.75. The number of carboxylic acid groups (broad SMARTS) is 1. The lowest BCUT2D eigenvalue weighted by Gasteiger charge is -2.46. The molecule has 12 heteroatoms. The maximum Gasteiger partial charge on any atom is 0.407 e. The molecule has 2 amide bonds. The van der Waals surface area contributed by atoms with E-state index in [0.717, 1.165) is 6.07 Å². The molecule has 1 unspecified atom stereocenters. The van der Waals surface area contributed by atoms with Crippen LogP contribution in [0.1, 0.15) is 31.4 Å². The van der Waals surface area contributed by atoms with Crippen molar-refractivity contribution in [2.45, 2.75) is 26.8 Å². The van der Waals surface area contributed by atoms with Gasteiger partial charge in [-0.3, -0.25) is 4.79 Å². The Morgan fingerprint density at radius 2 is 1.89 bits per heavy atom. The molecule has 37 heavy (non-hydrogen) atoms. The molecule has 3 aromatic rings. The molecule has 2 aromatic carbocycles. The highest BCUT2D eigenvalue weighted by atomic mass is 35.5. The van der Waals surface area contributed by atoms with E-state index in [9.17, 15) is 19.1 Å². The van der Waals surface area contributed by atoms with Crippen molar-refractivity contribution >= 4 is 40.3 Å². The third kappa shape index (κ3) is 4.71. The number of anilines is 1. The average Bonchev–Trinajstić information content (AvgIpc) is 2.83. The number of nitrogens with zero attached hydrogens (tertiary/aromatic N) is 4. The van der Waals surface area contributed by atoms with Crippen molar-refractivity contribution in [3.63, 3.8) is 0 Å². The van der Waals surface area contributed by atoms with Crippen molar-refractivity contribution in [1.29, 1.82) is 0 Å². The number of primary amides is 1. The molecule has 196 valence electrons. The molecule has 1 fully saturated rings. The van der Waals surface area contributed by atoms with Gasteiger partial charge in [-0.2, -0.15) is 0 Å². The Morgan fingerprint density at radius 3 is 2.49 bits per heavy atom. The topological polar surface area (TPSA) is 122 Å². The number of rotatable bonds is 4. The van der Waals surface area contributed by atoms with Gasteiger partial charge in [-0.15, -0.1) is 0 Å². The highest BCUT2D eigenvalue weighted by Crippen LogP contribution is 2.43. The average molecular weight is 534 g/mol. The van der Waals surface area contributed by atoms with Gasteiger partial charge in [0.2, 0.25) is 5.82 Å². The molecule has 0 aliphatic carbocycles. The summed E-state index contributed by atoms with van der Waals surface area (Å²) in [4.78, 5) is 35.4. The first-order valence-electron chi connectivity index (χ1n) is 11.4. The van der Waals surface area contributed by atoms with Gasteiger partial charge >= 0.3 is 6.09 Å². The van der Waals surface area contributed by atoms with Crippen molar-refractivity contribution in [3.05, 3.63) is 46.7 Å². The standard InChI is InChI=1S/C25H26ClF2N5O4/c1-25(2,3)16-11-32(8-9-33(16)24(35)36)23-12-10-13(26)17(18-14(27)6-5-7-15(18)37-4)19(28)20(12)30-22(31-23)21(29)34/h5-7,10,16H,8-9,11H2,1-4H3,(H2,29,34)(H,35,36). The number of hydrogen-bond donors (Lipinski definition) is 2. The maximum atomic E-state index is 16.1. The van der Waals surface area contributed by atoms with Gasteiger partial charge in [-0.1, -0.05) is 38.4 Å². The Kier molecular flexibility index (Phi) is 6.85. The molecule has 0 spiro atoms. The van der Waals surface area contributed by atoms with E-state index in [-0.39, 0.29) is 58.3 Å². The van der Waals surface area contributed by atoms with Gasteiger partial charge in [0, 0.05) is 30.6 Å². The molecule has 1 aromatic heterocycles. The zero-order valence-corrected chi connectivity index (χ0v) is 21.4. The number of hydrogen-bond acceptors (Lipinski definition) is 6. The second-order valence-corrected chi connectivity index (χ2v) is 10.2. The molecule has 1 atom stereocenters. The number of carbonyl (C=O) groups excluding carboxylic acids is 1. The number of halogens is 3. The molecule has 0 bridgehead atoms. The van der Waals surface area contributed by atoms with Gasteiger partial charge in [-0.25, -0.2) is 23.5 Å². The SMILES string of the molecule is COc1cccc(F)c1-c1c(Cl)cc2c(N3CCN(C(=O)O)C(C(C)(C)C)C3)nc(C(N)=O)nc2c1F. The molecule has 1 aliphatic rings. The smallest absolute Gasteiger partial charge is 0.407 e. The molecule has 0 saturated carbocycles. The number of aromatic nitrogens is 2. The number of carbonyl (C=O) groups is 2. The minimum Gasteiger partial charge on any atom is -0.496 e. The van der Waals surface area contributed by atoms with Crippen LogP contribution in [0.25, 0.3) is 22.0 Å². The van der Waals surface area contributed by atoms with E-state index in [2.05, 4.69) is 9.97 Å². The molecule has 0 radical (unpaired) electrons. The molecule has 1 aliphatic heterocycles. The van der Waals surface area contributed by atoms with E-state index in [0.29, 0.717) is 0 Å². The van der Waals surface area contributed by atoms with Gasteiger partial charge < -0.3 is 25.4 Å². The summed E-state index contributed by atoms with van der Waals surface area (Å²) < 4.78 is 36.2. The summed E-state index contributed by atoms with van der Waals surface area (Å²) in [6.45, 7) is 6.31. The summed E-state index contributed by atoms with van der Waals surface area (Å²) >= 11 is 6.51. The largest absolute Gasteiger partial charge is 0.496 e. The lowest BCUT2D eigenvalue weighted by molar-refractivity contribution is 0.0747. The number of piperazine rings is 1. The van der Waals surface area contributed by atoms with Crippen LogP contribution in [0.2, 0.25) is 5.02 Å². The first-order chi connectivity index (χ1) is 17.3. The van der Waals surface area contributed by atoms with Crippen molar-refractivity contribution in [2.24, 2.45) is 11.1 Å². The molecular weight excluding hydrogens is 508 g/mol. The van der Waals surface area contributed by atoms with Gasteiger partial charge in [0.15, 0.2) is 5.82 Å². The van der Waals surface area contributed by atoms with Crippen molar-refractivity contribution < 1.29 is 28.2 Å². The molecule has 1 saturated heterocycles. The fourth-order valence-corrected chi connectivity index (χ4v) is 4.91. The molecule has 9 nitrogen and oxygen atoms in total. The fourth-order valence-electron chi connectivity index (χ4n) is 4.62. The number of methoxy groups -OCH3 is 1. The second-order valence-electron chi connectivity index (χ2n) is 9.80. The van der Waals surface area contributed by atoms with Crippen molar-refractivity contribution in [1.82, 2.24) is 14.9 Å². The van der Waals surface area contributed by atoms with Crippen LogP contribution in [0, 0.1) is 17.0 Å². The third-order valence-electron chi connectivity index (χ3n) is 6.45. The predicted molar refractivity (Wildman–Crippen MR) is 135 cm³/mol. The number of nitrogens with two attached hydrogens (primary N) is 1. The van der Waals surface area contributed by atoms with Crippen molar-refractivity contribution in [3.8, 4) is 16.9 Å². The minimum atomic E-state index is -1.05. The predicted octanol–water partition coefficient (Wildman–Crippen LogP) is 4.55. The van der Waals surface area contributed by atoms with Crippen LogP contribution in [-0.4, -0.2) is 64.8 Å². The van der Waals surface area contributed by atoms with E-state index in [4.69, 9.17) is 22.1 Å². The van der Waals surface area contributed by atoms with Crippen LogP contribution >= 0.6 is 11.6 Å². The van der Waals surface area contributed by atoms with Gasteiger partial charge in [0.1, 0.15) is 22.9 Å². The zero-order valence-electron chi connectivity index (χ0n) is 20.7. The fraction of sp³-hybridized carbons (Fsp3) is 0.360. The van der Waals surface area contributed by atoms with E-state index in [1.54, 1.807) is 4.90 Å². The highest BCUT2D eigenvalue weighted by Gasteiger charge is 2.39. The summed E-state index contributed by atoms with van der Waals surface area (Å²) in [6, 6.07) is 4.98. The van der Waals surface area contributed by atoms with Crippen molar-refractivity contribution in [2.75, 3.05) is 31.6 Å². The number of benzene rings is 2. The third-order valence-corrected chi connectivity index (χ3v) is 6.75. The summed E-state index contributed by atoms with van der Waals surface area (Å²) in [5.41, 5.74) is 4.26. The summed E-state index contributed by atoms with van der Waals surface area (Å²) in [7, 11) is 1.32. The van der Waals surface area contributed by atoms with Crippen LogP contribution in [0.15, 0.2) is 24.3 Å². The quantitative estimate of drug-likeness (QED) is 0.504. The number of amides is 2. The van der Waals surface area contributed by atoms with Crippen LogP contribution < -0.4 is 15.4 Å². The Balaban J connectivity index is 1.96. The lowest BCUT2D eigenvalue weighted by Crippen LogP contribution is -2.59. The van der Waals surface area contributed by atoms with E-state index < -0.39 is 40.9 Å². The zero-order chi connectivity index (χ0) is 27.2. The molecular formula is C25H26ClF2N5O4. The first kappa shape index (κ1) is 26.3. The summed E-state index contributed by atoms with van der Waals surface area (Å²) in [5.74, 6) is -2.94. The van der Waals surface area contributed by atoms with Gasteiger partial charge in [-0.05, 0) is 23.6 Å². The van der Waals surface area contributed by atoms with Crippen LogP contribution in [0.5, 0.6) is 5.75 Å². The Morgan fingerprint density at radius 1 is 1.19 bits per heavy atom. The number of ether oxygens (including phenoxy) is 1. The Hall–Kier alpha value is -3.73. The van der Waals surface area contributed by atoms with E-state index in [1.807, 2.05) is 20.8 Å². The first-order valence-corrected chi connectivity index (χ1v) is 11.8. The molecule has 3 N–H and O–H groups in total. The van der Waals surface area contributed by atoms with E-state index in [1.165, 1.54) is 30.2 Å². The monoisotopic (exact) mass is 533 g/mol. The molecule has 2 heterocycles. The van der Waals surface area contributed by atoms with Gasteiger partial charge in [0.05, 0.1) is 23.7 Å².